The molecule has 0 fully saturated rings. The number of aromatic nitrogens is 1. The SMILES string of the molecule is CCC(=O)Nc1nc2c(c3c1c(=O)oc1ccccc13)CCCC2. The van der Waals surface area contributed by atoms with E-state index in [-0.39, 0.29) is 5.91 Å². The van der Waals surface area contributed by atoms with Crippen LogP contribution in [0.15, 0.2) is 33.5 Å². The molecule has 1 amide bonds. The number of benzene rings is 1. The van der Waals surface area contributed by atoms with Gasteiger partial charge in [0.2, 0.25) is 5.91 Å². The maximum Gasteiger partial charge on any atom is 0.347 e. The second-order valence-corrected chi connectivity index (χ2v) is 6.13. The number of anilines is 1. The molecule has 0 spiro atoms. The third kappa shape index (κ3) is 2.28. The summed E-state index contributed by atoms with van der Waals surface area (Å²) in [6, 6.07) is 7.54. The van der Waals surface area contributed by atoms with Crippen molar-refractivity contribution in [2.45, 2.75) is 39.0 Å². The van der Waals surface area contributed by atoms with Crippen LogP contribution in [-0.4, -0.2) is 10.9 Å². The fourth-order valence-corrected chi connectivity index (χ4v) is 3.46. The summed E-state index contributed by atoms with van der Waals surface area (Å²) in [4.78, 5) is 29.1. The lowest BCUT2D eigenvalue weighted by Crippen LogP contribution is -2.17. The number of pyridine rings is 1. The molecule has 24 heavy (non-hydrogen) atoms. The smallest absolute Gasteiger partial charge is 0.347 e. The molecule has 0 saturated heterocycles. The summed E-state index contributed by atoms with van der Waals surface area (Å²) in [5.41, 5.74) is 2.23. The van der Waals surface area contributed by atoms with Gasteiger partial charge in [-0.2, -0.15) is 0 Å². The number of amides is 1. The van der Waals surface area contributed by atoms with Crippen LogP contribution in [0.1, 0.15) is 37.4 Å². The highest BCUT2D eigenvalue weighted by Crippen LogP contribution is 2.34. The van der Waals surface area contributed by atoms with Crippen molar-refractivity contribution in [3.63, 3.8) is 0 Å². The molecule has 5 nitrogen and oxygen atoms in total. The molecule has 1 aliphatic rings. The number of carbonyl (C=O) groups is 1. The minimum Gasteiger partial charge on any atom is -0.422 e. The zero-order valence-corrected chi connectivity index (χ0v) is 13.5. The maximum atomic E-state index is 12.6. The first-order valence-corrected chi connectivity index (χ1v) is 8.36. The van der Waals surface area contributed by atoms with Crippen LogP contribution in [-0.2, 0) is 17.6 Å². The van der Waals surface area contributed by atoms with Crippen LogP contribution < -0.4 is 10.9 Å². The van der Waals surface area contributed by atoms with Crippen molar-refractivity contribution in [1.82, 2.24) is 4.98 Å². The lowest BCUT2D eigenvalue weighted by molar-refractivity contribution is -0.115. The number of hydrogen-bond acceptors (Lipinski definition) is 4. The minimum absolute atomic E-state index is 0.160. The van der Waals surface area contributed by atoms with Gasteiger partial charge in [0.15, 0.2) is 0 Å². The minimum atomic E-state index is -0.448. The van der Waals surface area contributed by atoms with Gasteiger partial charge in [-0.1, -0.05) is 25.1 Å². The fourth-order valence-electron chi connectivity index (χ4n) is 3.46. The molecule has 2 aromatic heterocycles. The molecule has 0 unspecified atom stereocenters. The number of para-hydroxylation sites is 1. The molecule has 0 bridgehead atoms. The highest BCUT2D eigenvalue weighted by Gasteiger charge is 2.22. The first kappa shape index (κ1) is 14.9. The number of rotatable bonds is 2. The highest BCUT2D eigenvalue weighted by atomic mass is 16.4. The largest absolute Gasteiger partial charge is 0.422 e. The third-order valence-corrected chi connectivity index (χ3v) is 4.62. The monoisotopic (exact) mass is 322 g/mol. The second-order valence-electron chi connectivity index (χ2n) is 6.13. The summed E-state index contributed by atoms with van der Waals surface area (Å²) in [6.45, 7) is 1.77. The zero-order chi connectivity index (χ0) is 16.7. The van der Waals surface area contributed by atoms with Crippen LogP contribution in [0.4, 0.5) is 5.82 Å². The molecule has 0 saturated carbocycles. The molecule has 4 rings (SSSR count). The van der Waals surface area contributed by atoms with Crippen molar-refractivity contribution < 1.29 is 9.21 Å². The van der Waals surface area contributed by atoms with Gasteiger partial charge in [0.05, 0.1) is 0 Å². The van der Waals surface area contributed by atoms with E-state index < -0.39 is 5.63 Å². The summed E-state index contributed by atoms with van der Waals surface area (Å²) >= 11 is 0. The fraction of sp³-hybridized carbons (Fsp3) is 0.316. The number of hydrogen-bond donors (Lipinski definition) is 1. The van der Waals surface area contributed by atoms with E-state index in [1.54, 1.807) is 13.0 Å². The Morgan fingerprint density at radius 2 is 2.00 bits per heavy atom. The predicted molar refractivity (Wildman–Crippen MR) is 93.3 cm³/mol. The van der Waals surface area contributed by atoms with Gasteiger partial charge in [0.1, 0.15) is 16.8 Å². The van der Waals surface area contributed by atoms with E-state index in [1.165, 1.54) is 0 Å². The van der Waals surface area contributed by atoms with Gasteiger partial charge in [-0.25, -0.2) is 9.78 Å². The molecule has 0 radical (unpaired) electrons. The Labute approximate surface area is 138 Å². The first-order chi connectivity index (χ1) is 11.7. The molecule has 1 aromatic carbocycles. The molecule has 5 heteroatoms. The summed E-state index contributed by atoms with van der Waals surface area (Å²) in [5.74, 6) is 0.170. The Morgan fingerprint density at radius 1 is 1.21 bits per heavy atom. The molecule has 3 aromatic rings. The van der Waals surface area contributed by atoms with Crippen molar-refractivity contribution in [1.29, 1.82) is 0 Å². The number of aryl methyl sites for hydroxylation is 2. The Kier molecular flexibility index (Phi) is 3.56. The van der Waals surface area contributed by atoms with Crippen LogP contribution >= 0.6 is 0 Å². The normalized spacial score (nSPS) is 13.9. The molecule has 122 valence electrons. The number of fused-ring (bicyclic) bond motifs is 5. The molecule has 2 heterocycles. The number of nitrogens with zero attached hydrogens (tertiary/aromatic N) is 1. The van der Waals surface area contributed by atoms with Gasteiger partial charge < -0.3 is 9.73 Å². The van der Waals surface area contributed by atoms with Crippen LogP contribution in [0.5, 0.6) is 0 Å². The van der Waals surface area contributed by atoms with Gasteiger partial charge in [-0.05, 0) is 37.3 Å². The van der Waals surface area contributed by atoms with E-state index in [2.05, 4.69) is 10.3 Å². The molecule has 0 aliphatic heterocycles. The average Bonchev–Trinajstić information content (AvgIpc) is 2.61. The van der Waals surface area contributed by atoms with Gasteiger partial charge in [-0.3, -0.25) is 4.79 Å². The summed E-state index contributed by atoms with van der Waals surface area (Å²) in [6.07, 6.45) is 4.26. The van der Waals surface area contributed by atoms with Crippen LogP contribution in [0.25, 0.3) is 21.7 Å². The van der Waals surface area contributed by atoms with E-state index in [9.17, 15) is 9.59 Å². The average molecular weight is 322 g/mol. The Hall–Kier alpha value is -2.69. The van der Waals surface area contributed by atoms with Crippen molar-refractivity contribution in [3.05, 3.63) is 45.9 Å². The van der Waals surface area contributed by atoms with Gasteiger partial charge in [0.25, 0.3) is 0 Å². The summed E-state index contributed by atoms with van der Waals surface area (Å²) in [7, 11) is 0. The van der Waals surface area contributed by atoms with E-state index >= 15 is 0 Å². The second kappa shape index (κ2) is 5.74. The van der Waals surface area contributed by atoms with E-state index in [0.29, 0.717) is 23.2 Å². The maximum absolute atomic E-state index is 12.6. The van der Waals surface area contributed by atoms with Crippen LogP contribution in [0.2, 0.25) is 0 Å². The van der Waals surface area contributed by atoms with Crippen molar-refractivity contribution >= 4 is 33.5 Å². The predicted octanol–water partition coefficient (Wildman–Crippen LogP) is 3.57. The van der Waals surface area contributed by atoms with Gasteiger partial charge >= 0.3 is 5.63 Å². The highest BCUT2D eigenvalue weighted by molar-refractivity contribution is 6.11. The van der Waals surface area contributed by atoms with Crippen LogP contribution in [0.3, 0.4) is 0 Å². The van der Waals surface area contributed by atoms with E-state index in [4.69, 9.17) is 4.42 Å². The first-order valence-electron chi connectivity index (χ1n) is 8.36. The molecular weight excluding hydrogens is 304 g/mol. The third-order valence-electron chi connectivity index (χ3n) is 4.62. The quantitative estimate of drug-likeness (QED) is 0.578. The van der Waals surface area contributed by atoms with Crippen molar-refractivity contribution in [2.75, 3.05) is 5.32 Å². The number of nitrogens with one attached hydrogen (secondary N) is 1. The summed E-state index contributed by atoms with van der Waals surface area (Å²) in [5, 5.41) is 4.95. The molecule has 1 N–H and O–H groups in total. The van der Waals surface area contributed by atoms with Crippen molar-refractivity contribution in [3.8, 4) is 0 Å². The van der Waals surface area contributed by atoms with E-state index in [1.807, 2.05) is 18.2 Å². The molecule has 1 aliphatic carbocycles. The zero-order valence-electron chi connectivity index (χ0n) is 13.5. The standard InChI is InChI=1S/C19H18N2O3/c1-2-15(22)21-18-17-16(11-7-3-5-9-13(11)20-18)12-8-4-6-10-14(12)24-19(17)23/h4,6,8,10H,2-3,5,7,9H2,1H3,(H,20,21,22). The summed E-state index contributed by atoms with van der Waals surface area (Å²) < 4.78 is 5.47. The number of carbonyl (C=O) groups excluding carboxylic acids is 1. The van der Waals surface area contributed by atoms with Crippen molar-refractivity contribution in [2.24, 2.45) is 0 Å². The lowest BCUT2D eigenvalue weighted by atomic mass is 9.90. The van der Waals surface area contributed by atoms with Gasteiger partial charge in [-0.15, -0.1) is 0 Å². The lowest BCUT2D eigenvalue weighted by Gasteiger charge is -2.20. The Bertz CT molecular complexity index is 1020. The van der Waals surface area contributed by atoms with Gasteiger partial charge in [0, 0.05) is 22.9 Å². The Balaban J connectivity index is 2.16. The molecular formula is C19H18N2O3. The van der Waals surface area contributed by atoms with Crippen LogP contribution in [0, 0.1) is 0 Å². The van der Waals surface area contributed by atoms with E-state index in [0.717, 1.165) is 47.7 Å². The topological polar surface area (TPSA) is 72.2 Å². The molecule has 0 atom stereocenters. The Morgan fingerprint density at radius 3 is 2.83 bits per heavy atom.